The first-order valence-corrected chi connectivity index (χ1v) is 10.8. The summed E-state index contributed by atoms with van der Waals surface area (Å²) < 4.78 is 0. The first-order chi connectivity index (χ1) is 15.7. The van der Waals surface area contributed by atoms with Crippen LogP contribution in [0.3, 0.4) is 0 Å². The Balaban J connectivity index is 1.39. The maximum Gasteiger partial charge on any atom is 0.255 e. The van der Waals surface area contributed by atoms with Crippen LogP contribution in [0.5, 0.6) is 0 Å². The molecule has 7 nitrogen and oxygen atoms in total. The molecular weight excluding hydrogens is 402 g/mol. The van der Waals surface area contributed by atoms with E-state index < -0.39 is 0 Å². The van der Waals surface area contributed by atoms with Gasteiger partial charge in [0.2, 0.25) is 5.91 Å². The molecule has 0 radical (unpaired) electrons. The van der Waals surface area contributed by atoms with Gasteiger partial charge in [-0.1, -0.05) is 60.7 Å². The molecule has 7 heteroatoms. The highest BCUT2D eigenvalue weighted by Crippen LogP contribution is 2.30. The Morgan fingerprint density at radius 2 is 1.81 bits per heavy atom. The van der Waals surface area contributed by atoms with E-state index in [0.717, 1.165) is 17.7 Å². The van der Waals surface area contributed by atoms with E-state index in [-0.39, 0.29) is 24.4 Å². The first kappa shape index (κ1) is 20.2. The van der Waals surface area contributed by atoms with Crippen molar-refractivity contribution < 1.29 is 9.59 Å². The molecule has 1 atom stereocenters. The second kappa shape index (κ2) is 8.80. The summed E-state index contributed by atoms with van der Waals surface area (Å²) in [7, 11) is 0. The quantitative estimate of drug-likeness (QED) is 0.670. The Kier molecular flexibility index (Phi) is 5.56. The standard InChI is InChI=1S/C25H25N5O2/c31-23-15-28-24-22(30(23)16-18-7-3-1-4-8-18)13-20(14-27-24)25(32)29-12-11-26-21(17-29)19-9-5-2-6-10-19/h1-10,13-14,21,26H,11-12,15-17H2,(H,27,28). The molecular formula is C25H25N5O2. The summed E-state index contributed by atoms with van der Waals surface area (Å²) in [5, 5.41) is 6.55. The number of amides is 2. The van der Waals surface area contributed by atoms with E-state index in [4.69, 9.17) is 0 Å². The number of hydrogen-bond donors (Lipinski definition) is 2. The zero-order valence-corrected chi connectivity index (χ0v) is 17.7. The van der Waals surface area contributed by atoms with Crippen LogP contribution in [0.15, 0.2) is 72.9 Å². The fraction of sp³-hybridized carbons (Fsp3) is 0.240. The Bertz CT molecular complexity index is 1120. The van der Waals surface area contributed by atoms with Gasteiger partial charge in [0, 0.05) is 31.9 Å². The number of nitrogens with one attached hydrogen (secondary N) is 2. The van der Waals surface area contributed by atoms with Crippen LogP contribution in [-0.4, -0.2) is 47.9 Å². The molecule has 2 N–H and O–H groups in total. The number of fused-ring (bicyclic) bond motifs is 1. The minimum absolute atomic E-state index is 0.0425. The maximum atomic E-state index is 13.3. The van der Waals surface area contributed by atoms with Gasteiger partial charge in [-0.15, -0.1) is 0 Å². The summed E-state index contributed by atoms with van der Waals surface area (Å²) in [5.74, 6) is 0.513. The highest BCUT2D eigenvalue weighted by Gasteiger charge is 2.29. The van der Waals surface area contributed by atoms with Crippen LogP contribution in [0, 0.1) is 0 Å². The predicted molar refractivity (Wildman–Crippen MR) is 123 cm³/mol. The first-order valence-electron chi connectivity index (χ1n) is 10.8. The zero-order valence-electron chi connectivity index (χ0n) is 17.7. The van der Waals surface area contributed by atoms with Crippen molar-refractivity contribution in [2.24, 2.45) is 0 Å². The summed E-state index contributed by atoms with van der Waals surface area (Å²) in [6, 6.07) is 21.9. The number of rotatable bonds is 4. The van der Waals surface area contributed by atoms with Gasteiger partial charge in [-0.2, -0.15) is 0 Å². The SMILES string of the molecule is O=C(c1cnc2c(c1)N(Cc1ccccc1)C(=O)CN2)N1CCNC(c2ccccc2)C1. The van der Waals surface area contributed by atoms with Crippen LogP contribution < -0.4 is 15.5 Å². The minimum atomic E-state index is -0.0691. The number of hydrogen-bond acceptors (Lipinski definition) is 5. The number of nitrogens with zero attached hydrogens (tertiary/aromatic N) is 3. The molecule has 0 saturated carbocycles. The fourth-order valence-electron chi connectivity index (χ4n) is 4.27. The average Bonchev–Trinajstić information content (AvgIpc) is 2.86. The van der Waals surface area contributed by atoms with Crippen molar-refractivity contribution in [1.29, 1.82) is 0 Å². The summed E-state index contributed by atoms with van der Waals surface area (Å²) in [4.78, 5) is 34.1. The lowest BCUT2D eigenvalue weighted by Gasteiger charge is -2.34. The smallest absolute Gasteiger partial charge is 0.255 e. The Hall–Kier alpha value is -3.71. The summed E-state index contributed by atoms with van der Waals surface area (Å²) in [6.07, 6.45) is 1.60. The summed E-state index contributed by atoms with van der Waals surface area (Å²) in [6.45, 7) is 2.58. The van der Waals surface area contributed by atoms with Crippen molar-refractivity contribution >= 4 is 23.3 Å². The molecule has 3 aromatic rings. The van der Waals surface area contributed by atoms with Crippen LogP contribution in [-0.2, 0) is 11.3 Å². The van der Waals surface area contributed by atoms with Crippen molar-refractivity contribution in [3.8, 4) is 0 Å². The van der Waals surface area contributed by atoms with E-state index in [0.29, 0.717) is 36.7 Å². The number of pyridine rings is 1. The lowest BCUT2D eigenvalue weighted by Crippen LogP contribution is -2.48. The van der Waals surface area contributed by atoms with Gasteiger partial charge >= 0.3 is 0 Å². The van der Waals surface area contributed by atoms with Crippen molar-refractivity contribution in [1.82, 2.24) is 15.2 Å². The second-order valence-corrected chi connectivity index (χ2v) is 8.08. The monoisotopic (exact) mass is 427 g/mol. The van der Waals surface area contributed by atoms with E-state index in [1.165, 1.54) is 0 Å². The van der Waals surface area contributed by atoms with Gasteiger partial charge in [0.05, 0.1) is 24.3 Å². The second-order valence-electron chi connectivity index (χ2n) is 8.08. The molecule has 162 valence electrons. The minimum Gasteiger partial charge on any atom is -0.359 e. The number of carbonyl (C=O) groups excluding carboxylic acids is 2. The van der Waals surface area contributed by atoms with Crippen LogP contribution in [0.25, 0.3) is 0 Å². The van der Waals surface area contributed by atoms with E-state index in [2.05, 4.69) is 27.8 Å². The van der Waals surface area contributed by atoms with Crippen molar-refractivity contribution in [2.45, 2.75) is 12.6 Å². The fourth-order valence-corrected chi connectivity index (χ4v) is 4.27. The van der Waals surface area contributed by atoms with Crippen LogP contribution in [0.1, 0.15) is 27.5 Å². The number of aromatic nitrogens is 1. The highest BCUT2D eigenvalue weighted by atomic mass is 16.2. The van der Waals surface area contributed by atoms with Gasteiger partial charge in [0.15, 0.2) is 5.82 Å². The largest absolute Gasteiger partial charge is 0.359 e. The Labute approximate surface area is 187 Å². The average molecular weight is 428 g/mol. The number of anilines is 2. The van der Waals surface area contributed by atoms with Gasteiger partial charge < -0.3 is 20.4 Å². The maximum absolute atomic E-state index is 13.3. The van der Waals surface area contributed by atoms with Crippen molar-refractivity contribution in [3.05, 3.63) is 89.6 Å². The molecule has 1 saturated heterocycles. The molecule has 1 fully saturated rings. The van der Waals surface area contributed by atoms with Crippen LogP contribution >= 0.6 is 0 Å². The molecule has 1 aromatic heterocycles. The predicted octanol–water partition coefficient (Wildman–Crippen LogP) is 2.83. The van der Waals surface area contributed by atoms with E-state index in [1.54, 1.807) is 17.2 Å². The molecule has 3 heterocycles. The van der Waals surface area contributed by atoms with Gasteiger partial charge in [-0.05, 0) is 17.2 Å². The third-order valence-electron chi connectivity index (χ3n) is 5.96. The lowest BCUT2D eigenvalue weighted by atomic mass is 10.0. The Morgan fingerprint density at radius 1 is 1.06 bits per heavy atom. The molecule has 2 amide bonds. The molecule has 2 aliphatic heterocycles. The van der Waals surface area contributed by atoms with Gasteiger partial charge in [0.1, 0.15) is 0 Å². The molecule has 2 aliphatic rings. The highest BCUT2D eigenvalue weighted by molar-refractivity contribution is 6.04. The van der Waals surface area contributed by atoms with E-state index in [9.17, 15) is 9.59 Å². The zero-order chi connectivity index (χ0) is 21.9. The Morgan fingerprint density at radius 3 is 2.59 bits per heavy atom. The number of carbonyl (C=O) groups is 2. The molecule has 0 spiro atoms. The third kappa shape index (κ3) is 4.07. The molecule has 2 aromatic carbocycles. The van der Waals surface area contributed by atoms with Gasteiger partial charge in [0.25, 0.3) is 5.91 Å². The summed E-state index contributed by atoms with van der Waals surface area (Å²) in [5.41, 5.74) is 3.33. The molecule has 0 bridgehead atoms. The number of piperazine rings is 1. The molecule has 5 rings (SSSR count). The van der Waals surface area contributed by atoms with Crippen LogP contribution in [0.2, 0.25) is 0 Å². The molecule has 32 heavy (non-hydrogen) atoms. The molecule has 1 unspecified atom stereocenters. The topological polar surface area (TPSA) is 77.6 Å². The lowest BCUT2D eigenvalue weighted by molar-refractivity contribution is -0.117. The van der Waals surface area contributed by atoms with Gasteiger partial charge in [-0.3, -0.25) is 9.59 Å². The van der Waals surface area contributed by atoms with Crippen molar-refractivity contribution in [3.63, 3.8) is 0 Å². The third-order valence-corrected chi connectivity index (χ3v) is 5.96. The van der Waals surface area contributed by atoms with E-state index in [1.807, 2.05) is 53.4 Å². The van der Waals surface area contributed by atoms with Crippen LogP contribution in [0.4, 0.5) is 11.5 Å². The molecule has 0 aliphatic carbocycles. The summed E-state index contributed by atoms with van der Waals surface area (Å²) >= 11 is 0. The number of benzene rings is 2. The van der Waals surface area contributed by atoms with E-state index >= 15 is 0 Å². The van der Waals surface area contributed by atoms with Crippen molar-refractivity contribution in [2.75, 3.05) is 36.4 Å². The van der Waals surface area contributed by atoms with Gasteiger partial charge in [-0.25, -0.2) is 4.98 Å². The normalized spacial score (nSPS) is 18.1.